The van der Waals surface area contributed by atoms with Gasteiger partial charge in [-0.1, -0.05) is 35.0 Å². The number of aromatic nitrogens is 2. The Morgan fingerprint density at radius 3 is 2.92 bits per heavy atom. The van der Waals surface area contributed by atoms with Crippen LogP contribution in [0.4, 0.5) is 0 Å². The van der Waals surface area contributed by atoms with E-state index in [0.717, 1.165) is 28.6 Å². The third-order valence-electron chi connectivity index (χ3n) is 4.21. The number of hydrogen-bond donors (Lipinski definition) is 1. The van der Waals surface area contributed by atoms with Gasteiger partial charge >= 0.3 is 5.97 Å². The van der Waals surface area contributed by atoms with Gasteiger partial charge in [0, 0.05) is 30.2 Å². The standard InChI is InChI=1S/C17H18BrN3O3/c1-2-6-20-9-12(8-19-20)16(22)21-10-11-4-3-5-14(18)13(11)7-15(21)17(23)24/h3-5,8-9,15H,2,6-7,10H2,1H3,(H,23,24). The van der Waals surface area contributed by atoms with Gasteiger partial charge in [0.2, 0.25) is 0 Å². The molecule has 1 aromatic heterocycles. The van der Waals surface area contributed by atoms with Crippen molar-refractivity contribution in [2.75, 3.05) is 0 Å². The summed E-state index contributed by atoms with van der Waals surface area (Å²) in [5.41, 5.74) is 2.35. The number of nitrogens with zero attached hydrogens (tertiary/aromatic N) is 3. The van der Waals surface area contributed by atoms with Crippen LogP contribution in [-0.4, -0.2) is 37.7 Å². The highest BCUT2D eigenvalue weighted by atomic mass is 79.9. The Balaban J connectivity index is 1.92. The lowest BCUT2D eigenvalue weighted by Crippen LogP contribution is -2.48. The molecular weight excluding hydrogens is 374 g/mol. The van der Waals surface area contributed by atoms with Crippen molar-refractivity contribution in [3.05, 3.63) is 51.8 Å². The average Bonchev–Trinajstić information content (AvgIpc) is 3.02. The summed E-state index contributed by atoms with van der Waals surface area (Å²) in [4.78, 5) is 25.9. The summed E-state index contributed by atoms with van der Waals surface area (Å²) in [6.07, 6.45) is 4.40. The fraction of sp³-hybridized carbons (Fsp3) is 0.353. The Labute approximate surface area is 148 Å². The number of carbonyl (C=O) groups is 2. The fourth-order valence-corrected chi connectivity index (χ4v) is 3.57. The largest absolute Gasteiger partial charge is 0.480 e. The van der Waals surface area contributed by atoms with E-state index in [0.29, 0.717) is 12.0 Å². The highest BCUT2D eigenvalue weighted by Gasteiger charge is 2.36. The van der Waals surface area contributed by atoms with Crippen LogP contribution in [0.2, 0.25) is 0 Å². The molecular formula is C17H18BrN3O3. The number of amides is 1. The van der Waals surface area contributed by atoms with Gasteiger partial charge in [0.05, 0.1) is 11.8 Å². The minimum absolute atomic E-state index is 0.281. The molecule has 126 valence electrons. The third kappa shape index (κ3) is 3.08. The third-order valence-corrected chi connectivity index (χ3v) is 4.95. The van der Waals surface area contributed by atoms with E-state index >= 15 is 0 Å². The van der Waals surface area contributed by atoms with Gasteiger partial charge in [-0.3, -0.25) is 9.48 Å². The van der Waals surface area contributed by atoms with Crippen molar-refractivity contribution in [3.63, 3.8) is 0 Å². The Morgan fingerprint density at radius 1 is 1.42 bits per heavy atom. The molecule has 0 bridgehead atoms. The molecule has 0 fully saturated rings. The molecule has 0 saturated carbocycles. The second-order valence-corrected chi connectivity index (χ2v) is 6.72. The molecule has 0 radical (unpaired) electrons. The molecule has 3 rings (SSSR count). The molecule has 0 aliphatic carbocycles. The van der Waals surface area contributed by atoms with Crippen molar-refractivity contribution in [2.45, 2.75) is 38.9 Å². The molecule has 6 nitrogen and oxygen atoms in total. The smallest absolute Gasteiger partial charge is 0.326 e. The molecule has 1 unspecified atom stereocenters. The maximum Gasteiger partial charge on any atom is 0.326 e. The number of fused-ring (bicyclic) bond motifs is 1. The number of aryl methyl sites for hydroxylation is 1. The van der Waals surface area contributed by atoms with Gasteiger partial charge in [-0.15, -0.1) is 0 Å². The number of carboxylic acid groups (broad SMARTS) is 1. The molecule has 7 heteroatoms. The predicted molar refractivity (Wildman–Crippen MR) is 91.7 cm³/mol. The number of carboxylic acids is 1. The van der Waals surface area contributed by atoms with Crippen LogP contribution < -0.4 is 0 Å². The first-order valence-corrected chi connectivity index (χ1v) is 8.63. The summed E-state index contributed by atoms with van der Waals surface area (Å²) in [5, 5.41) is 13.7. The molecule has 1 amide bonds. The van der Waals surface area contributed by atoms with Gasteiger partial charge in [0.25, 0.3) is 5.91 Å². The maximum atomic E-state index is 12.8. The van der Waals surface area contributed by atoms with Crippen LogP contribution in [0.3, 0.4) is 0 Å². The number of benzene rings is 1. The topological polar surface area (TPSA) is 75.4 Å². The van der Waals surface area contributed by atoms with Crippen LogP contribution in [0, 0.1) is 0 Å². The number of hydrogen-bond acceptors (Lipinski definition) is 3. The van der Waals surface area contributed by atoms with Gasteiger partial charge in [-0.2, -0.15) is 5.10 Å². The minimum atomic E-state index is -0.995. The molecule has 0 saturated heterocycles. The summed E-state index contributed by atoms with van der Waals surface area (Å²) in [6.45, 7) is 3.04. The molecule has 1 aromatic carbocycles. The summed E-state index contributed by atoms with van der Waals surface area (Å²) in [5.74, 6) is -1.29. The Morgan fingerprint density at radius 2 is 2.21 bits per heavy atom. The van der Waals surface area contributed by atoms with Gasteiger partial charge < -0.3 is 10.0 Å². The Bertz CT molecular complexity index is 787. The lowest BCUT2D eigenvalue weighted by Gasteiger charge is -2.34. The number of rotatable bonds is 4. The van der Waals surface area contributed by atoms with E-state index in [1.807, 2.05) is 25.1 Å². The number of carbonyl (C=O) groups excluding carboxylic acids is 1. The normalized spacial score (nSPS) is 16.8. The van der Waals surface area contributed by atoms with E-state index < -0.39 is 12.0 Å². The molecule has 2 heterocycles. The van der Waals surface area contributed by atoms with E-state index in [-0.39, 0.29) is 12.5 Å². The highest BCUT2D eigenvalue weighted by molar-refractivity contribution is 9.10. The van der Waals surface area contributed by atoms with Crippen molar-refractivity contribution in [1.29, 1.82) is 0 Å². The molecule has 1 aliphatic rings. The van der Waals surface area contributed by atoms with Crippen LogP contribution in [-0.2, 0) is 24.3 Å². The van der Waals surface area contributed by atoms with Crippen LogP contribution in [0.25, 0.3) is 0 Å². The lowest BCUT2D eigenvalue weighted by molar-refractivity contribution is -0.142. The average molecular weight is 392 g/mol. The van der Waals surface area contributed by atoms with E-state index in [9.17, 15) is 14.7 Å². The molecule has 1 atom stereocenters. The van der Waals surface area contributed by atoms with Gasteiger partial charge in [-0.25, -0.2) is 4.79 Å². The zero-order valence-corrected chi connectivity index (χ0v) is 14.9. The second-order valence-electron chi connectivity index (χ2n) is 5.86. The van der Waals surface area contributed by atoms with Crippen LogP contribution in [0.15, 0.2) is 35.1 Å². The predicted octanol–water partition coefficient (Wildman–Crippen LogP) is 2.71. The van der Waals surface area contributed by atoms with Crippen molar-refractivity contribution >= 4 is 27.8 Å². The van der Waals surface area contributed by atoms with E-state index in [1.165, 1.54) is 11.1 Å². The second kappa shape index (κ2) is 6.76. The molecule has 0 spiro atoms. The first-order valence-electron chi connectivity index (χ1n) is 7.83. The molecule has 1 aliphatic heterocycles. The monoisotopic (exact) mass is 391 g/mol. The van der Waals surface area contributed by atoms with E-state index in [2.05, 4.69) is 21.0 Å². The van der Waals surface area contributed by atoms with E-state index in [4.69, 9.17) is 0 Å². The molecule has 1 N–H and O–H groups in total. The summed E-state index contributed by atoms with van der Waals surface area (Å²) in [7, 11) is 0. The quantitative estimate of drug-likeness (QED) is 0.868. The highest BCUT2D eigenvalue weighted by Crippen LogP contribution is 2.30. The zero-order valence-electron chi connectivity index (χ0n) is 13.3. The first-order chi connectivity index (χ1) is 11.5. The van der Waals surface area contributed by atoms with Crippen LogP contribution in [0.5, 0.6) is 0 Å². The van der Waals surface area contributed by atoms with Crippen molar-refractivity contribution in [2.24, 2.45) is 0 Å². The first kappa shape index (κ1) is 16.7. The zero-order chi connectivity index (χ0) is 17.3. The van der Waals surface area contributed by atoms with Crippen LogP contribution >= 0.6 is 15.9 Å². The summed E-state index contributed by atoms with van der Waals surface area (Å²) in [6, 6.07) is 4.84. The summed E-state index contributed by atoms with van der Waals surface area (Å²) < 4.78 is 2.59. The van der Waals surface area contributed by atoms with Crippen molar-refractivity contribution in [3.8, 4) is 0 Å². The maximum absolute atomic E-state index is 12.8. The summed E-state index contributed by atoms with van der Waals surface area (Å²) >= 11 is 3.47. The number of aliphatic carboxylic acids is 1. The molecule has 2 aromatic rings. The van der Waals surface area contributed by atoms with Crippen molar-refractivity contribution < 1.29 is 14.7 Å². The Kier molecular flexibility index (Phi) is 4.71. The molecule has 24 heavy (non-hydrogen) atoms. The van der Waals surface area contributed by atoms with Crippen molar-refractivity contribution in [1.82, 2.24) is 14.7 Å². The Hall–Kier alpha value is -2.15. The number of halogens is 1. The lowest BCUT2D eigenvalue weighted by atomic mass is 9.93. The van der Waals surface area contributed by atoms with E-state index in [1.54, 1.807) is 10.9 Å². The minimum Gasteiger partial charge on any atom is -0.480 e. The van der Waals surface area contributed by atoms with Crippen LogP contribution in [0.1, 0.15) is 34.8 Å². The van der Waals surface area contributed by atoms with Gasteiger partial charge in [0.1, 0.15) is 6.04 Å². The van der Waals surface area contributed by atoms with Gasteiger partial charge in [-0.05, 0) is 23.6 Å². The SMILES string of the molecule is CCCn1cc(C(=O)N2Cc3cccc(Br)c3CC2C(=O)O)cn1. The fourth-order valence-electron chi connectivity index (χ4n) is 3.00. The van der Waals surface area contributed by atoms with Gasteiger partial charge in [0.15, 0.2) is 0 Å².